The molecule has 110 valence electrons. The van der Waals surface area contributed by atoms with E-state index in [4.69, 9.17) is 10.3 Å². The Labute approximate surface area is 120 Å². The number of aromatic nitrogens is 1. The van der Waals surface area contributed by atoms with Crippen LogP contribution in [-0.2, 0) is 11.2 Å². The first kappa shape index (κ1) is 17.9. The lowest BCUT2D eigenvalue weighted by molar-refractivity contribution is -0.125. The summed E-state index contributed by atoms with van der Waals surface area (Å²) in [6, 6.07) is -0.105. The Hall–Kier alpha value is -1.07. The van der Waals surface area contributed by atoms with E-state index < -0.39 is 0 Å². The molecule has 0 saturated carbocycles. The predicted octanol–water partition coefficient (Wildman–Crippen LogP) is 1.74. The van der Waals surface area contributed by atoms with E-state index in [0.29, 0.717) is 0 Å². The van der Waals surface area contributed by atoms with Crippen molar-refractivity contribution in [1.82, 2.24) is 10.5 Å². The highest BCUT2D eigenvalue weighted by molar-refractivity contribution is 5.85. The Balaban J connectivity index is 0.00000324. The van der Waals surface area contributed by atoms with E-state index in [1.807, 2.05) is 34.6 Å². The van der Waals surface area contributed by atoms with Crippen LogP contribution in [0.1, 0.15) is 37.8 Å². The van der Waals surface area contributed by atoms with Crippen LogP contribution < -0.4 is 11.1 Å². The second-order valence-electron chi connectivity index (χ2n) is 5.06. The van der Waals surface area contributed by atoms with Crippen molar-refractivity contribution in [2.75, 3.05) is 0 Å². The third-order valence-electron chi connectivity index (χ3n) is 3.28. The van der Waals surface area contributed by atoms with E-state index >= 15 is 0 Å². The summed E-state index contributed by atoms with van der Waals surface area (Å²) in [4.78, 5) is 11.9. The molecule has 5 nitrogen and oxygen atoms in total. The Morgan fingerprint density at radius 2 is 1.95 bits per heavy atom. The van der Waals surface area contributed by atoms with Crippen molar-refractivity contribution in [2.24, 2.45) is 11.7 Å². The zero-order valence-electron chi connectivity index (χ0n) is 12.2. The molecule has 1 amide bonds. The molecule has 0 radical (unpaired) electrons. The molecule has 1 aromatic heterocycles. The van der Waals surface area contributed by atoms with Gasteiger partial charge < -0.3 is 15.6 Å². The maximum absolute atomic E-state index is 11.9. The fourth-order valence-electron chi connectivity index (χ4n) is 1.76. The minimum Gasteiger partial charge on any atom is -0.361 e. The van der Waals surface area contributed by atoms with Crippen molar-refractivity contribution in [3.05, 3.63) is 17.0 Å². The number of nitrogens with two attached hydrogens (primary N) is 1. The molecule has 3 atom stereocenters. The summed E-state index contributed by atoms with van der Waals surface area (Å²) in [6.07, 6.45) is 0.721. The zero-order chi connectivity index (χ0) is 13.9. The van der Waals surface area contributed by atoms with Gasteiger partial charge in [-0.15, -0.1) is 12.4 Å². The molecule has 6 heteroatoms. The van der Waals surface area contributed by atoms with Crippen LogP contribution >= 0.6 is 12.4 Å². The number of hydrogen-bond acceptors (Lipinski definition) is 4. The molecule has 0 fully saturated rings. The molecule has 0 spiro atoms. The van der Waals surface area contributed by atoms with Crippen LogP contribution in [0.15, 0.2) is 4.52 Å². The van der Waals surface area contributed by atoms with Crippen LogP contribution in [0.25, 0.3) is 0 Å². The molecule has 0 aliphatic heterocycles. The lowest BCUT2D eigenvalue weighted by Gasteiger charge is -2.19. The van der Waals surface area contributed by atoms with Crippen LogP contribution in [-0.4, -0.2) is 23.1 Å². The fraction of sp³-hybridized carbons (Fsp3) is 0.692. The van der Waals surface area contributed by atoms with E-state index in [1.165, 1.54) is 0 Å². The molecule has 0 saturated heterocycles. The van der Waals surface area contributed by atoms with Gasteiger partial charge in [-0.2, -0.15) is 0 Å². The third-order valence-corrected chi connectivity index (χ3v) is 3.28. The van der Waals surface area contributed by atoms with E-state index in [0.717, 1.165) is 23.4 Å². The van der Waals surface area contributed by atoms with Gasteiger partial charge in [0.2, 0.25) is 5.91 Å². The largest absolute Gasteiger partial charge is 0.361 e. The minimum atomic E-state index is -0.183. The van der Waals surface area contributed by atoms with Crippen molar-refractivity contribution < 1.29 is 9.32 Å². The molecule has 1 rings (SSSR count). The van der Waals surface area contributed by atoms with Crippen LogP contribution in [0.3, 0.4) is 0 Å². The first-order chi connectivity index (χ1) is 8.32. The highest BCUT2D eigenvalue weighted by Crippen LogP contribution is 2.14. The number of aryl methyl sites for hydroxylation is 2. The zero-order valence-corrected chi connectivity index (χ0v) is 13.0. The van der Waals surface area contributed by atoms with Gasteiger partial charge >= 0.3 is 0 Å². The molecule has 3 N–H and O–H groups in total. The molecule has 0 aliphatic carbocycles. The Morgan fingerprint density at radius 1 is 1.37 bits per heavy atom. The van der Waals surface area contributed by atoms with Crippen LogP contribution in [0.2, 0.25) is 0 Å². The maximum atomic E-state index is 11.9. The maximum Gasteiger partial charge on any atom is 0.224 e. The molecule has 0 aromatic carbocycles. The van der Waals surface area contributed by atoms with Crippen molar-refractivity contribution >= 4 is 18.3 Å². The minimum absolute atomic E-state index is 0. The first-order valence-corrected chi connectivity index (χ1v) is 6.30. The van der Waals surface area contributed by atoms with E-state index in [9.17, 15) is 4.79 Å². The molecular formula is C13H24ClN3O2. The van der Waals surface area contributed by atoms with Crippen molar-refractivity contribution in [3.8, 4) is 0 Å². The normalized spacial score (nSPS) is 15.3. The summed E-state index contributed by atoms with van der Waals surface area (Å²) in [5.74, 6) is 0.621. The van der Waals surface area contributed by atoms with Crippen molar-refractivity contribution in [3.63, 3.8) is 0 Å². The van der Waals surface area contributed by atoms with Crippen molar-refractivity contribution in [1.29, 1.82) is 0 Å². The topological polar surface area (TPSA) is 81.2 Å². The second-order valence-corrected chi connectivity index (χ2v) is 5.06. The van der Waals surface area contributed by atoms with Gasteiger partial charge in [0.25, 0.3) is 0 Å². The Kier molecular flexibility index (Phi) is 7.08. The van der Waals surface area contributed by atoms with E-state index in [-0.39, 0.29) is 36.3 Å². The molecular weight excluding hydrogens is 266 g/mol. The van der Waals surface area contributed by atoms with Gasteiger partial charge in [-0.3, -0.25) is 4.79 Å². The molecule has 0 bridgehead atoms. The summed E-state index contributed by atoms with van der Waals surface area (Å²) in [5.41, 5.74) is 7.66. The van der Waals surface area contributed by atoms with Gasteiger partial charge in [-0.25, -0.2) is 0 Å². The molecule has 3 unspecified atom stereocenters. The van der Waals surface area contributed by atoms with Gasteiger partial charge in [0.15, 0.2) is 0 Å². The standard InChI is InChI=1S/C13H23N3O2.ClH/c1-7(15-13(17)8(2)9(3)14)6-12-10(4)16-18-11(12)5;/h7-9H,6,14H2,1-5H3,(H,15,17);1H. The predicted molar refractivity (Wildman–Crippen MR) is 77.3 cm³/mol. The monoisotopic (exact) mass is 289 g/mol. The molecule has 1 aromatic rings. The summed E-state index contributed by atoms with van der Waals surface area (Å²) in [5, 5.41) is 6.87. The number of nitrogens with one attached hydrogen (secondary N) is 1. The van der Waals surface area contributed by atoms with Crippen LogP contribution in [0.4, 0.5) is 0 Å². The average Bonchev–Trinajstić information content (AvgIpc) is 2.59. The molecule has 19 heavy (non-hydrogen) atoms. The molecule has 1 heterocycles. The lowest BCUT2D eigenvalue weighted by atomic mass is 10.0. The fourth-order valence-corrected chi connectivity index (χ4v) is 1.76. The SMILES string of the molecule is Cc1noc(C)c1CC(C)NC(=O)C(C)C(C)N.Cl. The van der Waals surface area contributed by atoms with Gasteiger partial charge in [-0.05, 0) is 34.1 Å². The third kappa shape index (κ3) is 4.84. The highest BCUT2D eigenvalue weighted by atomic mass is 35.5. The lowest BCUT2D eigenvalue weighted by Crippen LogP contribution is -2.43. The Bertz CT molecular complexity index is 399. The quantitative estimate of drug-likeness (QED) is 0.865. The van der Waals surface area contributed by atoms with Gasteiger partial charge in [0.05, 0.1) is 5.69 Å². The number of hydrogen-bond donors (Lipinski definition) is 2. The van der Waals surface area contributed by atoms with Crippen LogP contribution in [0, 0.1) is 19.8 Å². The smallest absolute Gasteiger partial charge is 0.224 e. The van der Waals surface area contributed by atoms with Crippen molar-refractivity contribution in [2.45, 2.75) is 53.1 Å². The van der Waals surface area contributed by atoms with E-state index in [2.05, 4.69) is 10.5 Å². The highest BCUT2D eigenvalue weighted by Gasteiger charge is 2.20. The summed E-state index contributed by atoms with van der Waals surface area (Å²) >= 11 is 0. The summed E-state index contributed by atoms with van der Waals surface area (Å²) in [6.45, 7) is 9.43. The first-order valence-electron chi connectivity index (χ1n) is 6.30. The number of carbonyl (C=O) groups excluding carboxylic acids is 1. The van der Waals surface area contributed by atoms with Gasteiger partial charge in [0.1, 0.15) is 5.76 Å². The van der Waals surface area contributed by atoms with Gasteiger partial charge in [0, 0.05) is 23.6 Å². The number of rotatable bonds is 5. The second kappa shape index (κ2) is 7.50. The molecule has 0 aliphatic rings. The summed E-state index contributed by atoms with van der Waals surface area (Å²) in [7, 11) is 0. The van der Waals surface area contributed by atoms with Gasteiger partial charge in [-0.1, -0.05) is 12.1 Å². The number of nitrogens with zero attached hydrogens (tertiary/aromatic N) is 1. The number of amides is 1. The number of carbonyl (C=O) groups is 1. The summed E-state index contributed by atoms with van der Waals surface area (Å²) < 4.78 is 5.10. The van der Waals surface area contributed by atoms with E-state index in [1.54, 1.807) is 0 Å². The van der Waals surface area contributed by atoms with Crippen LogP contribution in [0.5, 0.6) is 0 Å². The number of halogens is 1. The average molecular weight is 290 g/mol. The Morgan fingerprint density at radius 3 is 2.37 bits per heavy atom.